The molecule has 7 heteroatoms. The highest BCUT2D eigenvalue weighted by atomic mass is 35.5. The zero-order valence-corrected chi connectivity index (χ0v) is 12.2. The molecule has 1 unspecified atom stereocenters. The Balaban J connectivity index is 2.15. The number of hydrogen-bond acceptors (Lipinski definition) is 5. The summed E-state index contributed by atoms with van der Waals surface area (Å²) in [6.45, 7) is 0.311. The molecule has 1 atom stereocenters. The second kappa shape index (κ2) is 6.29. The van der Waals surface area contributed by atoms with Gasteiger partial charge in [0.2, 0.25) is 0 Å². The highest BCUT2D eigenvalue weighted by Gasteiger charge is 2.14. The Labute approximate surface area is 130 Å². The van der Waals surface area contributed by atoms with Crippen molar-refractivity contribution in [1.29, 1.82) is 0 Å². The maximum Gasteiger partial charge on any atom is 0.133 e. The molecular formula is C15H12ClFN4O. The molecular weight excluding hydrogens is 307 g/mol. The van der Waals surface area contributed by atoms with Gasteiger partial charge in [-0.25, -0.2) is 4.39 Å². The Kier molecular flexibility index (Phi) is 4.22. The summed E-state index contributed by atoms with van der Waals surface area (Å²) in [4.78, 5) is 19.1. The van der Waals surface area contributed by atoms with Gasteiger partial charge in [-0.2, -0.15) is 0 Å². The van der Waals surface area contributed by atoms with Gasteiger partial charge in [-0.1, -0.05) is 35.0 Å². The third-order valence-electron chi connectivity index (χ3n) is 3.33. The van der Waals surface area contributed by atoms with Crippen molar-refractivity contribution in [3.63, 3.8) is 0 Å². The third-order valence-corrected chi connectivity index (χ3v) is 3.55. The van der Waals surface area contributed by atoms with E-state index in [-0.39, 0.29) is 18.7 Å². The van der Waals surface area contributed by atoms with Crippen LogP contribution >= 0.6 is 11.6 Å². The summed E-state index contributed by atoms with van der Waals surface area (Å²) in [7, 11) is 0. The minimum absolute atomic E-state index is 0.0419. The van der Waals surface area contributed by atoms with Crippen molar-refractivity contribution in [2.75, 3.05) is 13.2 Å². The number of rotatable bonds is 4. The first-order valence-electron chi connectivity index (χ1n) is 6.68. The molecule has 0 saturated heterocycles. The average molecular weight is 319 g/mol. The smallest absolute Gasteiger partial charge is 0.133 e. The summed E-state index contributed by atoms with van der Waals surface area (Å²) >= 11 is 6.12. The van der Waals surface area contributed by atoms with Crippen LogP contribution in [0.2, 0.25) is 5.02 Å². The summed E-state index contributed by atoms with van der Waals surface area (Å²) in [6, 6.07) is 9.81. The Bertz CT molecular complexity index is 840. The first kappa shape index (κ1) is 14.7. The molecule has 0 saturated carbocycles. The van der Waals surface area contributed by atoms with Gasteiger partial charge < -0.3 is 0 Å². The summed E-state index contributed by atoms with van der Waals surface area (Å²) in [5.74, 6) is -0.340. The van der Waals surface area contributed by atoms with E-state index in [1.54, 1.807) is 30.3 Å². The Morgan fingerprint density at radius 2 is 2.14 bits per heavy atom. The number of fused-ring (bicyclic) bond motifs is 1. The number of nitrogens with one attached hydrogen (secondary N) is 1. The Morgan fingerprint density at radius 1 is 1.32 bits per heavy atom. The van der Waals surface area contributed by atoms with Crippen molar-refractivity contribution < 1.29 is 4.39 Å². The SMILES string of the molecule is O=NCNC1CN=c2c(-c3ccccc3F)cc(Cl)cc2=N1. The van der Waals surface area contributed by atoms with Crippen LogP contribution in [0.15, 0.2) is 51.6 Å². The molecule has 0 amide bonds. The lowest BCUT2D eigenvalue weighted by Gasteiger charge is -2.15. The van der Waals surface area contributed by atoms with E-state index >= 15 is 0 Å². The van der Waals surface area contributed by atoms with E-state index in [2.05, 4.69) is 20.5 Å². The summed E-state index contributed by atoms with van der Waals surface area (Å²) in [6.07, 6.45) is -0.336. The van der Waals surface area contributed by atoms with Crippen molar-refractivity contribution in [3.8, 4) is 11.1 Å². The summed E-state index contributed by atoms with van der Waals surface area (Å²) < 4.78 is 14.0. The monoisotopic (exact) mass is 318 g/mol. The van der Waals surface area contributed by atoms with Crippen LogP contribution < -0.4 is 16.0 Å². The van der Waals surface area contributed by atoms with E-state index in [1.807, 2.05) is 0 Å². The first-order chi connectivity index (χ1) is 10.7. The summed E-state index contributed by atoms with van der Waals surface area (Å²) in [5, 5.41) is 7.21. The van der Waals surface area contributed by atoms with Crippen LogP contribution in [0, 0.1) is 10.7 Å². The van der Waals surface area contributed by atoms with E-state index < -0.39 is 0 Å². The molecule has 112 valence electrons. The molecule has 0 radical (unpaired) electrons. The molecule has 0 aromatic heterocycles. The molecule has 1 aliphatic heterocycles. The van der Waals surface area contributed by atoms with E-state index in [4.69, 9.17) is 11.6 Å². The predicted molar refractivity (Wildman–Crippen MR) is 81.6 cm³/mol. The molecule has 0 bridgehead atoms. The van der Waals surface area contributed by atoms with Crippen LogP contribution in [0.3, 0.4) is 0 Å². The fourth-order valence-electron chi connectivity index (χ4n) is 2.37. The van der Waals surface area contributed by atoms with E-state index in [0.29, 0.717) is 33.4 Å². The number of nitrogens with zero attached hydrogens (tertiary/aromatic N) is 3. The highest BCUT2D eigenvalue weighted by Crippen LogP contribution is 2.21. The van der Waals surface area contributed by atoms with Crippen molar-refractivity contribution in [2.24, 2.45) is 15.2 Å². The van der Waals surface area contributed by atoms with Crippen LogP contribution in [0.5, 0.6) is 0 Å². The number of halogens is 2. The van der Waals surface area contributed by atoms with Crippen molar-refractivity contribution >= 4 is 11.6 Å². The highest BCUT2D eigenvalue weighted by molar-refractivity contribution is 6.30. The van der Waals surface area contributed by atoms with E-state index in [0.717, 1.165) is 0 Å². The van der Waals surface area contributed by atoms with Crippen molar-refractivity contribution in [1.82, 2.24) is 5.32 Å². The van der Waals surface area contributed by atoms with Gasteiger partial charge in [-0.3, -0.25) is 15.3 Å². The predicted octanol–water partition coefficient (Wildman–Crippen LogP) is 2.04. The zero-order chi connectivity index (χ0) is 15.5. The van der Waals surface area contributed by atoms with Crippen LogP contribution in [-0.4, -0.2) is 19.4 Å². The minimum Gasteiger partial charge on any atom is -0.279 e. The first-order valence-corrected chi connectivity index (χ1v) is 7.06. The Hall–Kier alpha value is -2.18. The molecule has 1 heterocycles. The van der Waals surface area contributed by atoms with E-state index in [9.17, 15) is 9.30 Å². The minimum atomic E-state index is -0.340. The number of benzene rings is 2. The van der Waals surface area contributed by atoms with Gasteiger partial charge >= 0.3 is 0 Å². The topological polar surface area (TPSA) is 66.2 Å². The van der Waals surface area contributed by atoms with Gasteiger partial charge in [0.1, 0.15) is 18.7 Å². The zero-order valence-electron chi connectivity index (χ0n) is 11.5. The van der Waals surface area contributed by atoms with Crippen LogP contribution in [0.4, 0.5) is 4.39 Å². The van der Waals surface area contributed by atoms with Gasteiger partial charge in [-0.15, -0.1) is 4.91 Å². The Morgan fingerprint density at radius 3 is 2.91 bits per heavy atom. The van der Waals surface area contributed by atoms with Gasteiger partial charge in [0.05, 0.1) is 17.3 Å². The molecule has 0 spiro atoms. The molecule has 1 N–H and O–H groups in total. The molecule has 1 aliphatic rings. The molecule has 2 aromatic rings. The lowest BCUT2D eigenvalue weighted by atomic mass is 10.0. The molecule has 0 fully saturated rings. The normalized spacial score (nSPS) is 16.4. The maximum absolute atomic E-state index is 14.0. The number of hydrogen-bond donors (Lipinski definition) is 1. The van der Waals surface area contributed by atoms with Crippen LogP contribution in [-0.2, 0) is 0 Å². The standard InChI is InChI=1S/C15H12ClFN4O/c16-9-5-11(10-3-1-2-4-12(10)17)15-13(6-9)21-14(7-18-15)19-8-20-22/h1-6,14,19H,7-8H2. The lowest BCUT2D eigenvalue weighted by Crippen LogP contribution is -2.41. The van der Waals surface area contributed by atoms with Crippen LogP contribution in [0.1, 0.15) is 0 Å². The van der Waals surface area contributed by atoms with Crippen molar-refractivity contribution in [3.05, 3.63) is 62.9 Å². The largest absolute Gasteiger partial charge is 0.279 e. The quantitative estimate of drug-likeness (QED) is 0.877. The van der Waals surface area contributed by atoms with Gasteiger partial charge in [0.15, 0.2) is 0 Å². The maximum atomic E-state index is 14.0. The fraction of sp³-hybridized carbons (Fsp3) is 0.200. The van der Waals surface area contributed by atoms with Gasteiger partial charge in [-0.05, 0) is 18.2 Å². The molecule has 0 aliphatic carbocycles. The second-order valence-corrected chi connectivity index (χ2v) is 5.21. The number of nitroso groups, excluding NO2 is 1. The fourth-order valence-corrected chi connectivity index (χ4v) is 2.59. The second-order valence-electron chi connectivity index (χ2n) is 4.78. The molecule has 22 heavy (non-hydrogen) atoms. The molecule has 3 rings (SSSR count). The molecule has 5 nitrogen and oxygen atoms in total. The van der Waals surface area contributed by atoms with Crippen molar-refractivity contribution in [2.45, 2.75) is 6.17 Å². The third kappa shape index (κ3) is 2.88. The molecule has 2 aromatic carbocycles. The van der Waals surface area contributed by atoms with Gasteiger partial charge in [0, 0.05) is 16.1 Å². The lowest BCUT2D eigenvalue weighted by molar-refractivity contribution is 0.523. The average Bonchev–Trinajstić information content (AvgIpc) is 2.52. The summed E-state index contributed by atoms with van der Waals surface area (Å²) in [5.41, 5.74) is 1.04. The van der Waals surface area contributed by atoms with Crippen LogP contribution in [0.25, 0.3) is 11.1 Å². The van der Waals surface area contributed by atoms with E-state index in [1.165, 1.54) is 6.07 Å². The van der Waals surface area contributed by atoms with Gasteiger partial charge in [0.25, 0.3) is 0 Å².